The van der Waals surface area contributed by atoms with E-state index in [4.69, 9.17) is 4.74 Å². The maximum absolute atomic E-state index is 13.1. The summed E-state index contributed by atoms with van der Waals surface area (Å²) >= 11 is 0. The van der Waals surface area contributed by atoms with Crippen molar-refractivity contribution in [2.75, 3.05) is 0 Å². The van der Waals surface area contributed by atoms with Gasteiger partial charge in [0, 0.05) is 0 Å². The number of hydrogen-bond acceptors (Lipinski definition) is 2. The van der Waals surface area contributed by atoms with E-state index in [2.05, 4.69) is 0 Å². The van der Waals surface area contributed by atoms with Gasteiger partial charge in [0.15, 0.2) is 0 Å². The third-order valence-corrected chi connectivity index (χ3v) is 2.73. The van der Waals surface area contributed by atoms with E-state index in [-0.39, 0.29) is 5.82 Å². The molecule has 3 heteroatoms. The van der Waals surface area contributed by atoms with Gasteiger partial charge >= 0.3 is 0 Å². The van der Waals surface area contributed by atoms with Gasteiger partial charge in [-0.05, 0) is 55.3 Å². The van der Waals surface area contributed by atoms with Crippen molar-refractivity contribution in [2.45, 2.75) is 20.0 Å². The van der Waals surface area contributed by atoms with Crippen LogP contribution in [-0.2, 0) is 0 Å². The summed E-state index contributed by atoms with van der Waals surface area (Å²) < 4.78 is 18.7. The summed E-state index contributed by atoms with van der Waals surface area (Å²) in [4.78, 5) is 0. The highest BCUT2D eigenvalue weighted by molar-refractivity contribution is 5.35. The molecule has 0 aliphatic rings. The van der Waals surface area contributed by atoms with Crippen molar-refractivity contribution in [3.63, 3.8) is 0 Å². The summed E-state index contributed by atoms with van der Waals surface area (Å²) in [6, 6.07) is 11.8. The first-order valence-corrected chi connectivity index (χ1v) is 5.78. The first kappa shape index (κ1) is 12.6. The maximum atomic E-state index is 13.1. The van der Waals surface area contributed by atoms with Crippen molar-refractivity contribution >= 4 is 0 Å². The van der Waals surface area contributed by atoms with Gasteiger partial charge in [-0.2, -0.15) is 0 Å². The van der Waals surface area contributed by atoms with Crippen molar-refractivity contribution in [2.24, 2.45) is 0 Å². The average molecular weight is 246 g/mol. The molecule has 0 spiro atoms. The number of benzene rings is 2. The van der Waals surface area contributed by atoms with Gasteiger partial charge < -0.3 is 9.84 Å². The van der Waals surface area contributed by atoms with Gasteiger partial charge in [0.05, 0.1) is 6.10 Å². The van der Waals surface area contributed by atoms with E-state index in [1.54, 1.807) is 50.2 Å². The topological polar surface area (TPSA) is 29.5 Å². The zero-order chi connectivity index (χ0) is 13.1. The van der Waals surface area contributed by atoms with Crippen LogP contribution in [-0.4, -0.2) is 5.11 Å². The Kier molecular flexibility index (Phi) is 3.63. The molecule has 0 aromatic heterocycles. The lowest BCUT2D eigenvalue weighted by Gasteiger charge is -2.09. The number of rotatable bonds is 3. The zero-order valence-electron chi connectivity index (χ0n) is 10.4. The highest BCUT2D eigenvalue weighted by atomic mass is 19.1. The Hall–Kier alpha value is -1.87. The standard InChI is InChI=1S/C15H15FO2/c1-10-9-14(7-8-15(10)16)18-13-5-3-12(4-6-13)11(2)17/h3-9,11,17H,1-2H3/t11-/m0/s1. The van der Waals surface area contributed by atoms with E-state index in [0.29, 0.717) is 17.1 Å². The number of aliphatic hydroxyl groups excluding tert-OH is 1. The van der Waals surface area contributed by atoms with E-state index >= 15 is 0 Å². The molecule has 1 atom stereocenters. The van der Waals surface area contributed by atoms with Crippen LogP contribution in [0.15, 0.2) is 42.5 Å². The van der Waals surface area contributed by atoms with Gasteiger partial charge in [-0.15, -0.1) is 0 Å². The minimum absolute atomic E-state index is 0.244. The first-order chi connectivity index (χ1) is 8.56. The van der Waals surface area contributed by atoms with Gasteiger partial charge in [0.1, 0.15) is 17.3 Å². The molecule has 0 aliphatic carbocycles. The van der Waals surface area contributed by atoms with Gasteiger partial charge in [-0.25, -0.2) is 4.39 Å². The molecule has 2 rings (SSSR count). The Labute approximate surface area is 106 Å². The maximum Gasteiger partial charge on any atom is 0.127 e. The van der Waals surface area contributed by atoms with Crippen LogP contribution < -0.4 is 4.74 Å². The van der Waals surface area contributed by atoms with Crippen LogP contribution in [0.1, 0.15) is 24.2 Å². The van der Waals surface area contributed by atoms with Crippen molar-refractivity contribution in [1.82, 2.24) is 0 Å². The van der Waals surface area contributed by atoms with Crippen LogP contribution in [0.2, 0.25) is 0 Å². The molecule has 94 valence electrons. The lowest BCUT2D eigenvalue weighted by Crippen LogP contribution is -1.91. The van der Waals surface area contributed by atoms with Crippen LogP contribution in [0.3, 0.4) is 0 Å². The Morgan fingerprint density at radius 1 is 1.06 bits per heavy atom. The van der Waals surface area contributed by atoms with Gasteiger partial charge in [-0.1, -0.05) is 12.1 Å². The summed E-state index contributed by atoms with van der Waals surface area (Å²) in [5, 5.41) is 9.39. The Morgan fingerprint density at radius 3 is 2.22 bits per heavy atom. The minimum atomic E-state index is -0.493. The number of halogens is 1. The molecule has 0 saturated heterocycles. The molecule has 0 amide bonds. The minimum Gasteiger partial charge on any atom is -0.457 e. The molecule has 18 heavy (non-hydrogen) atoms. The Morgan fingerprint density at radius 2 is 1.67 bits per heavy atom. The summed E-state index contributed by atoms with van der Waals surface area (Å²) in [6.45, 7) is 3.40. The molecule has 2 nitrogen and oxygen atoms in total. The van der Waals surface area contributed by atoms with E-state index in [9.17, 15) is 9.50 Å². The van der Waals surface area contributed by atoms with E-state index < -0.39 is 6.10 Å². The second-order valence-electron chi connectivity index (χ2n) is 4.26. The van der Waals surface area contributed by atoms with Crippen LogP contribution in [0.25, 0.3) is 0 Å². The van der Waals surface area contributed by atoms with Gasteiger partial charge in [0.25, 0.3) is 0 Å². The summed E-state index contributed by atoms with van der Waals surface area (Å²) in [7, 11) is 0. The van der Waals surface area contributed by atoms with Gasteiger partial charge in [-0.3, -0.25) is 0 Å². The van der Waals surface area contributed by atoms with Crippen molar-refractivity contribution < 1.29 is 14.2 Å². The quantitative estimate of drug-likeness (QED) is 0.887. The molecule has 0 aliphatic heterocycles. The van der Waals surface area contributed by atoms with Crippen molar-refractivity contribution in [3.8, 4) is 11.5 Å². The van der Waals surface area contributed by atoms with Crippen molar-refractivity contribution in [3.05, 3.63) is 59.4 Å². The predicted molar refractivity (Wildman–Crippen MR) is 68.3 cm³/mol. The molecule has 0 saturated carbocycles. The third-order valence-electron chi connectivity index (χ3n) is 2.73. The van der Waals surface area contributed by atoms with E-state index in [0.717, 1.165) is 5.56 Å². The van der Waals surface area contributed by atoms with Gasteiger partial charge in [0.2, 0.25) is 0 Å². The molecule has 2 aromatic carbocycles. The number of hydrogen-bond donors (Lipinski definition) is 1. The predicted octanol–water partition coefficient (Wildman–Crippen LogP) is 3.98. The fourth-order valence-corrected chi connectivity index (χ4v) is 1.63. The largest absolute Gasteiger partial charge is 0.457 e. The molecule has 0 heterocycles. The first-order valence-electron chi connectivity index (χ1n) is 5.78. The molecule has 0 bridgehead atoms. The number of ether oxygens (including phenoxy) is 1. The molecule has 0 radical (unpaired) electrons. The third kappa shape index (κ3) is 2.87. The molecule has 0 unspecified atom stereocenters. The fraction of sp³-hybridized carbons (Fsp3) is 0.200. The number of aryl methyl sites for hydroxylation is 1. The molecule has 1 N–H and O–H groups in total. The molecular formula is C15H15FO2. The smallest absolute Gasteiger partial charge is 0.127 e. The Balaban J connectivity index is 2.15. The SMILES string of the molecule is Cc1cc(Oc2ccc([C@H](C)O)cc2)ccc1F. The zero-order valence-corrected chi connectivity index (χ0v) is 10.4. The average Bonchev–Trinajstić information content (AvgIpc) is 2.34. The molecular weight excluding hydrogens is 231 g/mol. The second kappa shape index (κ2) is 5.19. The summed E-state index contributed by atoms with van der Waals surface area (Å²) in [6.07, 6.45) is -0.493. The van der Waals surface area contributed by atoms with Crippen LogP contribution >= 0.6 is 0 Å². The Bertz CT molecular complexity index is 533. The van der Waals surface area contributed by atoms with Crippen LogP contribution in [0, 0.1) is 12.7 Å². The second-order valence-corrected chi connectivity index (χ2v) is 4.26. The summed E-state index contributed by atoms with van der Waals surface area (Å²) in [5.74, 6) is 1.01. The monoisotopic (exact) mass is 246 g/mol. The lowest BCUT2D eigenvalue weighted by molar-refractivity contribution is 0.199. The van der Waals surface area contributed by atoms with Crippen molar-refractivity contribution in [1.29, 1.82) is 0 Å². The van der Waals surface area contributed by atoms with Crippen LogP contribution in [0.5, 0.6) is 11.5 Å². The van der Waals surface area contributed by atoms with E-state index in [1.165, 1.54) is 6.07 Å². The molecule has 2 aromatic rings. The normalized spacial score (nSPS) is 12.2. The number of aliphatic hydroxyl groups is 1. The van der Waals surface area contributed by atoms with E-state index in [1.807, 2.05) is 0 Å². The highest BCUT2D eigenvalue weighted by Crippen LogP contribution is 2.24. The lowest BCUT2D eigenvalue weighted by atomic mass is 10.1. The molecule has 0 fully saturated rings. The summed E-state index contributed by atoms with van der Waals surface area (Å²) in [5.41, 5.74) is 1.38. The highest BCUT2D eigenvalue weighted by Gasteiger charge is 2.03. The van der Waals surface area contributed by atoms with Crippen LogP contribution in [0.4, 0.5) is 4.39 Å². The fourth-order valence-electron chi connectivity index (χ4n) is 1.63.